The van der Waals surface area contributed by atoms with Crippen molar-refractivity contribution in [3.8, 4) is 0 Å². The molecule has 0 aromatic heterocycles. The van der Waals surface area contributed by atoms with Gasteiger partial charge in [0.1, 0.15) is 0 Å². The topological polar surface area (TPSA) is 63.6 Å². The summed E-state index contributed by atoms with van der Waals surface area (Å²) in [7, 11) is 1.27. The number of ether oxygens (including phenoxy) is 1. The van der Waals surface area contributed by atoms with Crippen LogP contribution in [0.3, 0.4) is 0 Å². The highest BCUT2D eigenvalue weighted by Crippen LogP contribution is 2.17. The van der Waals surface area contributed by atoms with Crippen LogP contribution in [-0.2, 0) is 9.53 Å². The molecule has 1 aromatic rings. The van der Waals surface area contributed by atoms with Crippen LogP contribution in [0.2, 0.25) is 0 Å². The Morgan fingerprint density at radius 2 is 1.88 bits per heavy atom. The summed E-state index contributed by atoms with van der Waals surface area (Å²) in [5.74, 6) is -0.503. The lowest BCUT2D eigenvalue weighted by Crippen LogP contribution is -2.08. The van der Waals surface area contributed by atoms with E-state index in [1.54, 1.807) is 24.3 Å². The highest BCUT2D eigenvalue weighted by molar-refractivity contribution is 5.94. The number of hydrogen-bond acceptors (Lipinski definition) is 4. The fourth-order valence-corrected chi connectivity index (χ4v) is 1.30. The Hall–Kier alpha value is -1.68. The standard InChI is InChI=1S/C12H14O4/c1-8(13)9-3-5-10(6-4-9)11(14)7-12(15)16-2/h3-6,11,14H,7H2,1-2H3. The van der Waals surface area contributed by atoms with Crippen molar-refractivity contribution in [1.29, 1.82) is 0 Å². The predicted octanol–water partition coefficient (Wildman–Crippen LogP) is 1.49. The van der Waals surface area contributed by atoms with Crippen LogP contribution in [0, 0.1) is 0 Å². The Bertz CT molecular complexity index is 381. The van der Waals surface area contributed by atoms with Gasteiger partial charge in [0.15, 0.2) is 5.78 Å². The first-order valence-corrected chi connectivity index (χ1v) is 4.90. The summed E-state index contributed by atoms with van der Waals surface area (Å²) in [6.07, 6.45) is -0.982. The van der Waals surface area contributed by atoms with Crippen molar-refractivity contribution in [3.05, 3.63) is 35.4 Å². The van der Waals surface area contributed by atoms with E-state index in [0.717, 1.165) is 0 Å². The molecule has 1 unspecified atom stereocenters. The zero-order valence-electron chi connectivity index (χ0n) is 9.27. The fourth-order valence-electron chi connectivity index (χ4n) is 1.30. The number of Topliss-reactive ketones (excluding diaryl/α,β-unsaturated/α-hetero) is 1. The number of benzene rings is 1. The lowest BCUT2D eigenvalue weighted by atomic mass is 10.0. The molecule has 0 amide bonds. The summed E-state index contributed by atoms with van der Waals surface area (Å²) in [6.45, 7) is 1.47. The van der Waals surface area contributed by atoms with Crippen molar-refractivity contribution in [2.24, 2.45) is 0 Å². The van der Waals surface area contributed by atoms with Gasteiger partial charge in [-0.3, -0.25) is 9.59 Å². The quantitative estimate of drug-likeness (QED) is 0.619. The molecule has 4 nitrogen and oxygen atoms in total. The Morgan fingerprint density at radius 1 is 1.31 bits per heavy atom. The normalized spacial score (nSPS) is 11.9. The molecular weight excluding hydrogens is 208 g/mol. The fraction of sp³-hybridized carbons (Fsp3) is 0.333. The number of carbonyl (C=O) groups excluding carboxylic acids is 2. The molecule has 16 heavy (non-hydrogen) atoms. The average Bonchev–Trinajstić information content (AvgIpc) is 2.28. The number of aliphatic hydroxyl groups is 1. The Balaban J connectivity index is 2.73. The molecule has 0 fully saturated rings. The van der Waals surface area contributed by atoms with Gasteiger partial charge in [0.25, 0.3) is 0 Å². The van der Waals surface area contributed by atoms with Gasteiger partial charge >= 0.3 is 5.97 Å². The van der Waals surface area contributed by atoms with Crippen molar-refractivity contribution in [1.82, 2.24) is 0 Å². The molecule has 86 valence electrons. The monoisotopic (exact) mass is 222 g/mol. The average molecular weight is 222 g/mol. The molecule has 0 radical (unpaired) electrons. The van der Waals surface area contributed by atoms with Crippen LogP contribution in [0.1, 0.15) is 35.4 Å². The van der Waals surface area contributed by atoms with E-state index in [1.165, 1.54) is 14.0 Å². The molecule has 1 N–H and O–H groups in total. The second-order valence-electron chi connectivity index (χ2n) is 3.47. The lowest BCUT2D eigenvalue weighted by Gasteiger charge is -2.09. The van der Waals surface area contributed by atoms with Crippen LogP contribution in [-0.4, -0.2) is 24.0 Å². The van der Waals surface area contributed by atoms with Crippen molar-refractivity contribution < 1.29 is 19.4 Å². The van der Waals surface area contributed by atoms with E-state index >= 15 is 0 Å². The molecule has 0 aliphatic carbocycles. The number of esters is 1. The highest BCUT2D eigenvalue weighted by atomic mass is 16.5. The second-order valence-corrected chi connectivity index (χ2v) is 3.47. The zero-order valence-corrected chi connectivity index (χ0v) is 9.27. The molecule has 0 saturated heterocycles. The van der Waals surface area contributed by atoms with Gasteiger partial charge in [-0.05, 0) is 12.5 Å². The van der Waals surface area contributed by atoms with Crippen molar-refractivity contribution in [3.63, 3.8) is 0 Å². The smallest absolute Gasteiger partial charge is 0.308 e. The maximum absolute atomic E-state index is 11.0. The van der Waals surface area contributed by atoms with Crippen LogP contribution in [0.4, 0.5) is 0 Å². The Kier molecular flexibility index (Phi) is 4.19. The van der Waals surface area contributed by atoms with E-state index in [1.807, 2.05) is 0 Å². The molecule has 0 bridgehead atoms. The third-order valence-corrected chi connectivity index (χ3v) is 2.29. The van der Waals surface area contributed by atoms with Gasteiger partial charge in [0, 0.05) is 5.56 Å². The molecule has 0 aliphatic rings. The summed E-state index contributed by atoms with van der Waals surface area (Å²) >= 11 is 0. The Morgan fingerprint density at radius 3 is 2.31 bits per heavy atom. The van der Waals surface area contributed by atoms with E-state index in [0.29, 0.717) is 11.1 Å². The molecule has 1 rings (SSSR count). The summed E-state index contributed by atoms with van der Waals surface area (Å²) in [4.78, 5) is 21.9. The van der Waals surface area contributed by atoms with Crippen molar-refractivity contribution >= 4 is 11.8 Å². The number of carbonyl (C=O) groups is 2. The number of rotatable bonds is 4. The van der Waals surface area contributed by atoms with Gasteiger partial charge in [0.2, 0.25) is 0 Å². The first kappa shape index (κ1) is 12.4. The lowest BCUT2D eigenvalue weighted by molar-refractivity contribution is -0.142. The molecule has 4 heteroatoms. The number of hydrogen-bond donors (Lipinski definition) is 1. The van der Waals surface area contributed by atoms with E-state index in [4.69, 9.17) is 0 Å². The Labute approximate surface area is 93.9 Å². The van der Waals surface area contributed by atoms with Crippen LogP contribution < -0.4 is 0 Å². The molecule has 0 spiro atoms. The van der Waals surface area contributed by atoms with Gasteiger partial charge in [-0.2, -0.15) is 0 Å². The molecule has 1 aromatic carbocycles. The highest BCUT2D eigenvalue weighted by Gasteiger charge is 2.13. The minimum atomic E-state index is -0.895. The third-order valence-electron chi connectivity index (χ3n) is 2.29. The molecular formula is C12H14O4. The van der Waals surface area contributed by atoms with Gasteiger partial charge in [-0.1, -0.05) is 24.3 Å². The summed E-state index contributed by atoms with van der Waals surface area (Å²) in [5, 5.41) is 9.67. The van der Waals surface area contributed by atoms with E-state index in [2.05, 4.69) is 4.74 Å². The zero-order chi connectivity index (χ0) is 12.1. The minimum absolute atomic E-state index is 0.0333. The van der Waals surface area contributed by atoms with Crippen LogP contribution >= 0.6 is 0 Å². The van der Waals surface area contributed by atoms with Crippen molar-refractivity contribution in [2.45, 2.75) is 19.4 Å². The van der Waals surface area contributed by atoms with Crippen LogP contribution in [0.25, 0.3) is 0 Å². The van der Waals surface area contributed by atoms with Crippen LogP contribution in [0.5, 0.6) is 0 Å². The summed E-state index contributed by atoms with van der Waals surface area (Å²) in [5.41, 5.74) is 1.17. The van der Waals surface area contributed by atoms with Gasteiger partial charge < -0.3 is 9.84 Å². The molecule has 0 aliphatic heterocycles. The van der Waals surface area contributed by atoms with Gasteiger partial charge in [-0.15, -0.1) is 0 Å². The second kappa shape index (κ2) is 5.42. The maximum atomic E-state index is 11.0. The van der Waals surface area contributed by atoms with E-state index < -0.39 is 12.1 Å². The SMILES string of the molecule is COC(=O)CC(O)c1ccc(C(C)=O)cc1. The van der Waals surface area contributed by atoms with Gasteiger partial charge in [0.05, 0.1) is 19.6 Å². The maximum Gasteiger partial charge on any atom is 0.308 e. The molecule has 1 atom stereocenters. The first-order chi connectivity index (χ1) is 7.54. The first-order valence-electron chi connectivity index (χ1n) is 4.90. The molecule has 0 heterocycles. The van der Waals surface area contributed by atoms with Crippen LogP contribution in [0.15, 0.2) is 24.3 Å². The predicted molar refractivity (Wildman–Crippen MR) is 58.0 cm³/mol. The molecule has 0 saturated carbocycles. The van der Waals surface area contributed by atoms with Gasteiger partial charge in [-0.25, -0.2) is 0 Å². The van der Waals surface area contributed by atoms with E-state index in [-0.39, 0.29) is 12.2 Å². The minimum Gasteiger partial charge on any atom is -0.469 e. The number of aliphatic hydroxyl groups excluding tert-OH is 1. The summed E-state index contributed by atoms with van der Waals surface area (Å²) in [6, 6.07) is 6.50. The van der Waals surface area contributed by atoms with E-state index in [9.17, 15) is 14.7 Å². The third kappa shape index (κ3) is 3.17. The largest absolute Gasteiger partial charge is 0.469 e. The number of ketones is 1. The van der Waals surface area contributed by atoms with Crippen molar-refractivity contribution in [2.75, 3.05) is 7.11 Å². The number of methoxy groups -OCH3 is 1. The summed E-state index contributed by atoms with van der Waals surface area (Å²) < 4.78 is 4.45.